The second kappa shape index (κ2) is 13.4. The van der Waals surface area contributed by atoms with Crippen LogP contribution in [-0.2, 0) is 17.3 Å². The van der Waals surface area contributed by atoms with Crippen LogP contribution in [0.2, 0.25) is 13.1 Å². The maximum Gasteiger partial charge on any atom is 0.161 e. The molecule has 0 amide bonds. The average molecular weight is 677 g/mol. The van der Waals surface area contributed by atoms with Crippen molar-refractivity contribution < 1.29 is 9.47 Å². The van der Waals surface area contributed by atoms with Gasteiger partial charge in [0.15, 0.2) is 7.38 Å². The van der Waals surface area contributed by atoms with Gasteiger partial charge in [0.25, 0.3) is 0 Å². The Morgan fingerprint density at radius 3 is 1.65 bits per heavy atom. The summed E-state index contributed by atoms with van der Waals surface area (Å²) in [4.78, 5) is 0. The van der Waals surface area contributed by atoms with Crippen LogP contribution in [0, 0.1) is 0 Å². The SMILES string of the molecule is COc1c(C(C)(C)C)cc2c(c1-c1ccccc1)C=C(C)C2[Si](C)(C)Cl.COc1c(C(C)(C)C)cc2c(c1-c1ccccc1)CC(C)=C2. The Morgan fingerprint density at radius 2 is 1.17 bits per heavy atom. The van der Waals surface area contributed by atoms with Crippen molar-refractivity contribution in [1.29, 1.82) is 0 Å². The highest BCUT2D eigenvalue weighted by atomic mass is 35.6. The molecule has 0 radical (unpaired) electrons. The van der Waals surface area contributed by atoms with E-state index in [-0.39, 0.29) is 10.8 Å². The van der Waals surface area contributed by atoms with Crippen molar-refractivity contribution in [1.82, 2.24) is 0 Å². The van der Waals surface area contributed by atoms with E-state index in [4.69, 9.17) is 20.6 Å². The minimum atomic E-state index is -1.91. The monoisotopic (exact) mass is 676 g/mol. The lowest BCUT2D eigenvalue weighted by Crippen LogP contribution is -2.28. The lowest BCUT2D eigenvalue weighted by Gasteiger charge is -2.30. The van der Waals surface area contributed by atoms with Crippen LogP contribution in [0.25, 0.3) is 34.4 Å². The van der Waals surface area contributed by atoms with Crippen molar-refractivity contribution in [3.05, 3.63) is 117 Å². The Bertz CT molecular complexity index is 1860. The van der Waals surface area contributed by atoms with Gasteiger partial charge in [-0.2, -0.15) is 11.1 Å². The van der Waals surface area contributed by atoms with E-state index >= 15 is 0 Å². The summed E-state index contributed by atoms with van der Waals surface area (Å²) in [7, 11) is 1.67. The quantitative estimate of drug-likeness (QED) is 0.155. The van der Waals surface area contributed by atoms with Gasteiger partial charge in [-0.25, -0.2) is 0 Å². The first-order valence-corrected chi connectivity index (χ1v) is 21.2. The maximum atomic E-state index is 6.97. The van der Waals surface area contributed by atoms with Crippen molar-refractivity contribution in [3.8, 4) is 33.8 Å². The Hall–Kier alpha value is -3.53. The number of allylic oxidation sites excluding steroid dienone is 2. The van der Waals surface area contributed by atoms with Gasteiger partial charge in [-0.15, -0.1) is 0 Å². The normalized spacial score (nSPS) is 15.6. The van der Waals surface area contributed by atoms with Crippen LogP contribution in [-0.4, -0.2) is 21.6 Å². The average Bonchev–Trinajstić information content (AvgIpc) is 3.57. The molecule has 0 aliphatic heterocycles. The molecule has 0 saturated carbocycles. The first kappa shape index (κ1) is 35.8. The molecule has 0 N–H and O–H groups in total. The number of methoxy groups -OCH3 is 2. The molecule has 0 spiro atoms. The van der Waals surface area contributed by atoms with Gasteiger partial charge in [0.05, 0.1) is 14.2 Å². The number of benzene rings is 4. The third kappa shape index (κ3) is 6.95. The highest BCUT2D eigenvalue weighted by Gasteiger charge is 2.40. The Morgan fingerprint density at radius 1 is 0.688 bits per heavy atom. The zero-order valence-corrected chi connectivity index (χ0v) is 32.8. The van der Waals surface area contributed by atoms with E-state index in [0.29, 0.717) is 5.54 Å². The minimum absolute atomic E-state index is 0.0110. The van der Waals surface area contributed by atoms with Gasteiger partial charge in [0.1, 0.15) is 11.5 Å². The molecule has 6 rings (SSSR count). The molecule has 0 saturated heterocycles. The number of ether oxygens (including phenoxy) is 2. The number of hydrogen-bond donors (Lipinski definition) is 0. The number of halogens is 1. The van der Waals surface area contributed by atoms with Crippen molar-refractivity contribution in [3.63, 3.8) is 0 Å². The van der Waals surface area contributed by atoms with Gasteiger partial charge < -0.3 is 9.47 Å². The van der Waals surface area contributed by atoms with E-state index in [1.807, 2.05) is 0 Å². The number of hydrogen-bond acceptors (Lipinski definition) is 2. The third-order valence-electron chi connectivity index (χ3n) is 9.61. The van der Waals surface area contributed by atoms with Crippen molar-refractivity contribution in [2.24, 2.45) is 0 Å². The molecule has 2 nitrogen and oxygen atoms in total. The Kier molecular flexibility index (Phi) is 9.99. The van der Waals surface area contributed by atoms with Crippen LogP contribution >= 0.6 is 11.1 Å². The molecule has 2 aliphatic rings. The fourth-order valence-electron chi connectivity index (χ4n) is 7.54. The summed E-state index contributed by atoms with van der Waals surface area (Å²) in [5, 5.41) is 0. The van der Waals surface area contributed by atoms with Gasteiger partial charge in [-0.05, 0) is 70.5 Å². The number of fused-ring (bicyclic) bond motifs is 2. The molecule has 4 heteroatoms. The topological polar surface area (TPSA) is 18.5 Å². The molecule has 0 aromatic heterocycles. The Balaban J connectivity index is 0.000000190. The fourth-order valence-corrected chi connectivity index (χ4v) is 10.6. The molecular weight excluding hydrogens is 624 g/mol. The summed E-state index contributed by atoms with van der Waals surface area (Å²) in [5.41, 5.74) is 16.0. The molecule has 0 bridgehead atoms. The van der Waals surface area contributed by atoms with Crippen molar-refractivity contribution >= 4 is 30.6 Å². The molecule has 2 aliphatic carbocycles. The predicted molar refractivity (Wildman–Crippen MR) is 211 cm³/mol. The second-order valence-corrected chi connectivity index (χ2v) is 22.6. The summed E-state index contributed by atoms with van der Waals surface area (Å²) in [6.45, 7) is 22.4. The first-order chi connectivity index (χ1) is 22.5. The standard InChI is InChI=1S/C23H29ClOSi.C21H24O/c1-15-13-17-18(22(15)26(6,7)24)14-19(23(2,3)4)21(25-5)20(17)16-11-9-8-10-12-16;1-14-11-16-13-18(21(2,3)4)20(22-5)19(17(16)12-14)15-9-7-6-8-10-15/h8-14,22H,1-7H3;6-11,13H,12H2,1-5H3. The Labute approximate surface area is 295 Å². The molecule has 0 fully saturated rings. The summed E-state index contributed by atoms with van der Waals surface area (Å²) in [5.74, 6) is 2.02. The van der Waals surface area contributed by atoms with Gasteiger partial charge in [-0.3, -0.25) is 0 Å². The van der Waals surface area contributed by atoms with Crippen molar-refractivity contribution in [2.45, 2.75) is 91.3 Å². The number of rotatable bonds is 5. The van der Waals surface area contributed by atoms with Crippen molar-refractivity contribution in [2.75, 3.05) is 14.2 Å². The van der Waals surface area contributed by atoms with Crippen LogP contribution in [0.4, 0.5) is 0 Å². The third-order valence-corrected chi connectivity index (χ3v) is 12.4. The van der Waals surface area contributed by atoms with E-state index in [1.165, 1.54) is 66.8 Å². The molecule has 4 aromatic carbocycles. The smallest absolute Gasteiger partial charge is 0.161 e. The highest BCUT2D eigenvalue weighted by molar-refractivity contribution is 7.20. The van der Waals surface area contributed by atoms with E-state index in [9.17, 15) is 0 Å². The summed E-state index contributed by atoms with van der Waals surface area (Å²) in [6, 6.07) is 25.9. The zero-order valence-electron chi connectivity index (χ0n) is 31.1. The van der Waals surface area contributed by atoms with Crippen LogP contribution < -0.4 is 9.47 Å². The van der Waals surface area contributed by atoms with Crippen LogP contribution in [0.15, 0.2) is 83.9 Å². The first-order valence-electron chi connectivity index (χ1n) is 17.1. The molecule has 252 valence electrons. The van der Waals surface area contributed by atoms with Crippen LogP contribution in [0.5, 0.6) is 11.5 Å². The molecule has 1 atom stereocenters. The van der Waals surface area contributed by atoms with E-state index < -0.39 is 7.38 Å². The minimum Gasteiger partial charge on any atom is -0.496 e. The van der Waals surface area contributed by atoms with Crippen LogP contribution in [0.3, 0.4) is 0 Å². The van der Waals surface area contributed by atoms with Gasteiger partial charge in [0.2, 0.25) is 0 Å². The van der Waals surface area contributed by atoms with E-state index in [2.05, 4.69) is 153 Å². The highest BCUT2D eigenvalue weighted by Crippen LogP contribution is 2.52. The molecule has 0 heterocycles. The fraction of sp³-hybridized carbons (Fsp3) is 0.364. The summed E-state index contributed by atoms with van der Waals surface area (Å²) >= 11 is 6.97. The zero-order chi connectivity index (χ0) is 35.2. The predicted octanol–water partition coefficient (Wildman–Crippen LogP) is 12.8. The second-order valence-electron chi connectivity index (χ2n) is 16.0. The van der Waals surface area contributed by atoms with Gasteiger partial charge >= 0.3 is 0 Å². The molecule has 4 aromatic rings. The summed E-state index contributed by atoms with van der Waals surface area (Å²) < 4.78 is 11.9. The lowest BCUT2D eigenvalue weighted by molar-refractivity contribution is 0.398. The van der Waals surface area contributed by atoms with E-state index in [0.717, 1.165) is 17.9 Å². The summed E-state index contributed by atoms with van der Waals surface area (Å²) in [6.07, 6.45) is 5.66. The molecular formula is C44H53ClO2Si. The maximum absolute atomic E-state index is 6.97. The molecule has 1 unspecified atom stereocenters. The van der Waals surface area contributed by atoms with Gasteiger partial charge in [0, 0.05) is 27.8 Å². The van der Waals surface area contributed by atoms with E-state index in [1.54, 1.807) is 14.2 Å². The van der Waals surface area contributed by atoms with Crippen LogP contribution in [0.1, 0.15) is 94.3 Å². The lowest BCUT2D eigenvalue weighted by atomic mass is 9.81. The van der Waals surface area contributed by atoms with Gasteiger partial charge in [-0.1, -0.05) is 145 Å². The largest absolute Gasteiger partial charge is 0.496 e. The molecule has 48 heavy (non-hydrogen) atoms.